The fourth-order valence-corrected chi connectivity index (χ4v) is 3.33. The molecule has 2 aromatic rings. The summed E-state index contributed by atoms with van der Waals surface area (Å²) in [5.41, 5.74) is 1.96. The lowest BCUT2D eigenvalue weighted by atomic mass is 9.94. The van der Waals surface area contributed by atoms with Gasteiger partial charge in [-0.2, -0.15) is 0 Å². The fraction of sp³-hybridized carbons (Fsp3) is 0.467. The molecule has 4 nitrogen and oxygen atoms in total. The van der Waals surface area contributed by atoms with Gasteiger partial charge in [-0.3, -0.25) is 4.98 Å². The molecule has 1 aromatic heterocycles. The molecule has 2 aliphatic rings. The molecule has 0 saturated carbocycles. The maximum Gasteiger partial charge on any atom is 0.147 e. The number of aromatic nitrogens is 2. The number of anilines is 1. The lowest BCUT2D eigenvalue weighted by molar-refractivity contribution is 0.340. The van der Waals surface area contributed by atoms with Gasteiger partial charge < -0.3 is 10.2 Å². The van der Waals surface area contributed by atoms with Crippen LogP contribution in [0.4, 0.5) is 5.82 Å². The van der Waals surface area contributed by atoms with Gasteiger partial charge in [0.1, 0.15) is 5.82 Å². The standard InChI is InChI=1S/C15H18N4/c1-2-6-13-12(5-1)17-8-15(18-13)19-9-11-4-3-7-16-14(11)10-19/h1-2,5-6,8,11,14,16H,3-4,7,9-10H2. The van der Waals surface area contributed by atoms with Crippen LogP contribution in [0.15, 0.2) is 30.5 Å². The second-order valence-corrected chi connectivity index (χ2v) is 5.58. The minimum Gasteiger partial charge on any atom is -0.353 e. The van der Waals surface area contributed by atoms with E-state index in [2.05, 4.69) is 15.2 Å². The molecular formula is C15H18N4. The molecule has 0 bridgehead atoms. The summed E-state index contributed by atoms with van der Waals surface area (Å²) >= 11 is 0. The molecule has 4 rings (SSSR count). The Bertz CT molecular complexity index is 583. The number of fused-ring (bicyclic) bond motifs is 2. The largest absolute Gasteiger partial charge is 0.353 e. The number of nitrogens with one attached hydrogen (secondary N) is 1. The zero-order chi connectivity index (χ0) is 12.7. The number of para-hydroxylation sites is 2. The van der Waals surface area contributed by atoms with Gasteiger partial charge in [-0.1, -0.05) is 12.1 Å². The first-order valence-electron chi connectivity index (χ1n) is 7.10. The molecule has 0 amide bonds. The summed E-state index contributed by atoms with van der Waals surface area (Å²) < 4.78 is 0. The minimum absolute atomic E-state index is 0.641. The van der Waals surface area contributed by atoms with Crippen molar-refractivity contribution < 1.29 is 0 Å². The van der Waals surface area contributed by atoms with Crippen LogP contribution < -0.4 is 10.2 Å². The summed E-state index contributed by atoms with van der Waals surface area (Å²) in [6.45, 7) is 3.35. The van der Waals surface area contributed by atoms with Crippen LogP contribution in [0, 0.1) is 5.92 Å². The molecule has 2 saturated heterocycles. The number of rotatable bonds is 1. The number of hydrogen-bond acceptors (Lipinski definition) is 4. The van der Waals surface area contributed by atoms with Crippen molar-refractivity contribution in [1.29, 1.82) is 0 Å². The van der Waals surface area contributed by atoms with Gasteiger partial charge >= 0.3 is 0 Å². The summed E-state index contributed by atoms with van der Waals surface area (Å²) in [6, 6.07) is 8.71. The molecule has 2 fully saturated rings. The lowest BCUT2D eigenvalue weighted by Crippen LogP contribution is -2.40. The van der Waals surface area contributed by atoms with E-state index in [1.165, 1.54) is 19.4 Å². The summed E-state index contributed by atoms with van der Waals surface area (Å²) in [7, 11) is 0. The molecule has 2 atom stereocenters. The predicted molar refractivity (Wildman–Crippen MR) is 76.3 cm³/mol. The highest BCUT2D eigenvalue weighted by Gasteiger charge is 2.34. The van der Waals surface area contributed by atoms with Gasteiger partial charge in [0.25, 0.3) is 0 Å². The number of hydrogen-bond donors (Lipinski definition) is 1. The van der Waals surface area contributed by atoms with E-state index < -0.39 is 0 Å². The van der Waals surface area contributed by atoms with Gasteiger partial charge in [-0.05, 0) is 37.4 Å². The molecule has 3 heterocycles. The predicted octanol–water partition coefficient (Wildman–Crippen LogP) is 1.82. The first kappa shape index (κ1) is 11.2. The molecule has 0 radical (unpaired) electrons. The summed E-state index contributed by atoms with van der Waals surface area (Å²) in [5.74, 6) is 1.80. The van der Waals surface area contributed by atoms with E-state index in [0.29, 0.717) is 6.04 Å². The second-order valence-electron chi connectivity index (χ2n) is 5.58. The average molecular weight is 254 g/mol. The molecule has 4 heteroatoms. The van der Waals surface area contributed by atoms with E-state index in [0.717, 1.165) is 35.9 Å². The molecule has 0 aliphatic carbocycles. The average Bonchev–Trinajstić information content (AvgIpc) is 2.90. The van der Waals surface area contributed by atoms with Crippen molar-refractivity contribution in [2.24, 2.45) is 5.92 Å². The van der Waals surface area contributed by atoms with Gasteiger partial charge in [-0.15, -0.1) is 0 Å². The van der Waals surface area contributed by atoms with Crippen molar-refractivity contribution in [2.45, 2.75) is 18.9 Å². The number of piperidine rings is 1. The molecule has 2 unspecified atom stereocenters. The molecule has 19 heavy (non-hydrogen) atoms. The Labute approximate surface area is 112 Å². The quantitative estimate of drug-likeness (QED) is 0.843. The van der Waals surface area contributed by atoms with Gasteiger partial charge in [0.2, 0.25) is 0 Å². The van der Waals surface area contributed by atoms with Gasteiger partial charge in [0.15, 0.2) is 0 Å². The molecule has 2 aliphatic heterocycles. The first-order valence-corrected chi connectivity index (χ1v) is 7.10. The highest BCUT2D eigenvalue weighted by Crippen LogP contribution is 2.28. The zero-order valence-electron chi connectivity index (χ0n) is 10.9. The van der Waals surface area contributed by atoms with Gasteiger partial charge in [-0.25, -0.2) is 4.98 Å². The number of benzene rings is 1. The Morgan fingerprint density at radius 3 is 2.95 bits per heavy atom. The van der Waals surface area contributed by atoms with Crippen molar-refractivity contribution in [2.75, 3.05) is 24.5 Å². The Morgan fingerprint density at radius 1 is 1.16 bits per heavy atom. The Balaban J connectivity index is 1.64. The van der Waals surface area contributed by atoms with Crippen molar-refractivity contribution in [3.8, 4) is 0 Å². The molecule has 1 N–H and O–H groups in total. The van der Waals surface area contributed by atoms with Crippen LogP contribution in [0.1, 0.15) is 12.8 Å². The maximum absolute atomic E-state index is 4.75. The molecule has 1 aromatic carbocycles. The van der Waals surface area contributed by atoms with Crippen molar-refractivity contribution in [1.82, 2.24) is 15.3 Å². The second kappa shape index (κ2) is 4.46. The third-order valence-electron chi connectivity index (χ3n) is 4.36. The van der Waals surface area contributed by atoms with Crippen LogP contribution >= 0.6 is 0 Å². The Morgan fingerprint density at radius 2 is 2.05 bits per heavy atom. The van der Waals surface area contributed by atoms with Crippen LogP contribution in [0.25, 0.3) is 11.0 Å². The summed E-state index contributed by atoms with van der Waals surface area (Å²) in [4.78, 5) is 11.7. The van der Waals surface area contributed by atoms with E-state index in [4.69, 9.17) is 4.98 Å². The third-order valence-corrected chi connectivity index (χ3v) is 4.36. The third kappa shape index (κ3) is 1.96. The Kier molecular flexibility index (Phi) is 2.62. The highest BCUT2D eigenvalue weighted by atomic mass is 15.2. The smallest absolute Gasteiger partial charge is 0.147 e. The van der Waals surface area contributed by atoms with Gasteiger partial charge in [0, 0.05) is 19.1 Å². The highest BCUT2D eigenvalue weighted by molar-refractivity contribution is 5.75. The van der Waals surface area contributed by atoms with Crippen LogP contribution in [0.3, 0.4) is 0 Å². The van der Waals surface area contributed by atoms with E-state index in [-0.39, 0.29) is 0 Å². The zero-order valence-corrected chi connectivity index (χ0v) is 10.9. The van der Waals surface area contributed by atoms with Crippen LogP contribution in [0.5, 0.6) is 0 Å². The minimum atomic E-state index is 0.641. The normalized spacial score (nSPS) is 26.6. The molecule has 0 spiro atoms. The lowest BCUT2D eigenvalue weighted by Gasteiger charge is -2.24. The van der Waals surface area contributed by atoms with E-state index in [9.17, 15) is 0 Å². The monoisotopic (exact) mass is 254 g/mol. The van der Waals surface area contributed by atoms with Crippen LogP contribution in [-0.2, 0) is 0 Å². The van der Waals surface area contributed by atoms with Crippen LogP contribution in [-0.4, -0.2) is 35.6 Å². The molecular weight excluding hydrogens is 236 g/mol. The SMILES string of the molecule is c1ccc2nc(N3CC4CCCNC4C3)cnc2c1. The number of nitrogens with zero attached hydrogens (tertiary/aromatic N) is 3. The van der Waals surface area contributed by atoms with E-state index in [1.807, 2.05) is 30.5 Å². The first-order chi connectivity index (χ1) is 9.40. The molecule has 98 valence electrons. The summed E-state index contributed by atoms with van der Waals surface area (Å²) in [6.07, 6.45) is 4.56. The Hall–Kier alpha value is -1.68. The topological polar surface area (TPSA) is 41.1 Å². The van der Waals surface area contributed by atoms with Crippen molar-refractivity contribution in [3.63, 3.8) is 0 Å². The van der Waals surface area contributed by atoms with Gasteiger partial charge in [0.05, 0.1) is 17.2 Å². The van der Waals surface area contributed by atoms with E-state index in [1.54, 1.807) is 0 Å². The fourth-order valence-electron chi connectivity index (χ4n) is 3.33. The van der Waals surface area contributed by atoms with Crippen LogP contribution in [0.2, 0.25) is 0 Å². The summed E-state index contributed by atoms with van der Waals surface area (Å²) in [5, 5.41) is 3.63. The maximum atomic E-state index is 4.75. The van der Waals surface area contributed by atoms with Crippen molar-refractivity contribution >= 4 is 16.9 Å². The van der Waals surface area contributed by atoms with E-state index >= 15 is 0 Å². The van der Waals surface area contributed by atoms with Crippen molar-refractivity contribution in [3.05, 3.63) is 30.5 Å².